The molecule has 2 fully saturated rings. The quantitative estimate of drug-likeness (QED) is 0.489. The molecule has 1 N–H and O–H groups in total. The minimum Gasteiger partial charge on any atom is -0.319 e. The molecular formula is C16H16Cl2N2O4. The summed E-state index contributed by atoms with van der Waals surface area (Å²) in [6.45, 7) is 3.71. The van der Waals surface area contributed by atoms with E-state index in [0.717, 1.165) is 12.5 Å². The summed E-state index contributed by atoms with van der Waals surface area (Å²) >= 11 is 11.7. The fraction of sp³-hybridized carbons (Fsp3) is 0.500. The van der Waals surface area contributed by atoms with E-state index in [4.69, 9.17) is 23.2 Å². The average Bonchev–Trinajstić information content (AvgIpc) is 3.02. The number of nitrogens with one attached hydrogen (secondary N) is 1. The summed E-state index contributed by atoms with van der Waals surface area (Å²) in [7, 11) is 0. The molecule has 1 aromatic rings. The number of nitro groups is 1. The van der Waals surface area contributed by atoms with Crippen LogP contribution in [0.4, 0.5) is 11.4 Å². The van der Waals surface area contributed by atoms with E-state index in [9.17, 15) is 19.7 Å². The van der Waals surface area contributed by atoms with Crippen molar-refractivity contribution in [3.05, 3.63) is 32.3 Å². The zero-order valence-electron chi connectivity index (χ0n) is 13.2. The summed E-state index contributed by atoms with van der Waals surface area (Å²) in [5.74, 6) is -0.423. The molecule has 0 aliphatic heterocycles. The van der Waals surface area contributed by atoms with Crippen molar-refractivity contribution in [3.8, 4) is 0 Å². The van der Waals surface area contributed by atoms with Crippen molar-refractivity contribution in [1.82, 2.24) is 0 Å². The Bertz CT molecular complexity index is 778. The topological polar surface area (TPSA) is 89.3 Å². The summed E-state index contributed by atoms with van der Waals surface area (Å²) in [5, 5.41) is 13.9. The average molecular weight is 371 g/mol. The number of benzene rings is 1. The molecule has 0 aromatic heterocycles. The Morgan fingerprint density at radius 3 is 2.50 bits per heavy atom. The fourth-order valence-electron chi connectivity index (χ4n) is 4.01. The van der Waals surface area contributed by atoms with Gasteiger partial charge in [0.1, 0.15) is 11.1 Å². The molecule has 2 unspecified atom stereocenters. The molecule has 2 bridgehead atoms. The number of ketones is 1. The van der Waals surface area contributed by atoms with E-state index < -0.39 is 21.7 Å². The van der Waals surface area contributed by atoms with Crippen molar-refractivity contribution < 1.29 is 14.5 Å². The van der Waals surface area contributed by atoms with Gasteiger partial charge >= 0.3 is 0 Å². The highest BCUT2D eigenvalue weighted by Gasteiger charge is 2.65. The fourth-order valence-corrected chi connectivity index (χ4v) is 4.33. The zero-order chi connectivity index (χ0) is 17.9. The van der Waals surface area contributed by atoms with Gasteiger partial charge in [-0.15, -0.1) is 0 Å². The number of hydrogen-bond acceptors (Lipinski definition) is 4. The van der Waals surface area contributed by atoms with Crippen molar-refractivity contribution in [3.63, 3.8) is 0 Å². The van der Waals surface area contributed by atoms with E-state index in [0.29, 0.717) is 12.8 Å². The van der Waals surface area contributed by atoms with Crippen LogP contribution in [0, 0.1) is 26.9 Å². The molecule has 8 heteroatoms. The van der Waals surface area contributed by atoms with Gasteiger partial charge in [0.05, 0.1) is 15.0 Å². The van der Waals surface area contributed by atoms with Crippen LogP contribution in [-0.2, 0) is 9.59 Å². The second-order valence-corrected chi connectivity index (χ2v) is 7.88. The van der Waals surface area contributed by atoms with Crippen LogP contribution in [-0.4, -0.2) is 16.6 Å². The number of fused-ring (bicyclic) bond motifs is 2. The molecule has 2 saturated carbocycles. The molecule has 128 valence electrons. The van der Waals surface area contributed by atoms with E-state index in [2.05, 4.69) is 5.32 Å². The maximum atomic E-state index is 12.8. The highest BCUT2D eigenvalue weighted by atomic mass is 35.5. The van der Waals surface area contributed by atoms with Crippen LogP contribution in [0.2, 0.25) is 10.0 Å². The van der Waals surface area contributed by atoms with Gasteiger partial charge in [0.15, 0.2) is 5.78 Å². The Morgan fingerprint density at radius 1 is 1.33 bits per heavy atom. The van der Waals surface area contributed by atoms with Crippen molar-refractivity contribution in [1.29, 1.82) is 0 Å². The SMILES string of the molecule is CC1(C)C(=O)C2(C(=O)Nc3cc(Cl)c(Cl)cc3[N+](=O)[O-])CCC1C2. The second kappa shape index (κ2) is 5.43. The molecule has 2 aliphatic carbocycles. The third-order valence-electron chi connectivity index (χ3n) is 5.47. The van der Waals surface area contributed by atoms with E-state index in [1.807, 2.05) is 13.8 Å². The number of amides is 1. The predicted octanol–water partition coefficient (Wildman–Crippen LogP) is 4.24. The molecule has 24 heavy (non-hydrogen) atoms. The summed E-state index contributed by atoms with van der Waals surface area (Å²) in [6, 6.07) is 2.34. The van der Waals surface area contributed by atoms with Crippen molar-refractivity contribution in [2.75, 3.05) is 5.32 Å². The molecule has 2 aliphatic rings. The third kappa shape index (κ3) is 2.31. The van der Waals surface area contributed by atoms with Gasteiger partial charge < -0.3 is 5.32 Å². The van der Waals surface area contributed by atoms with E-state index in [-0.39, 0.29) is 33.1 Å². The van der Waals surface area contributed by atoms with Crippen molar-refractivity contribution >= 4 is 46.3 Å². The number of carbonyl (C=O) groups excluding carboxylic acids is 2. The zero-order valence-corrected chi connectivity index (χ0v) is 14.7. The van der Waals surface area contributed by atoms with Gasteiger partial charge in [0.2, 0.25) is 5.91 Å². The lowest BCUT2D eigenvalue weighted by Crippen LogP contribution is -2.44. The summed E-state index contributed by atoms with van der Waals surface area (Å²) in [6.07, 6.45) is 1.76. The molecule has 0 saturated heterocycles. The number of anilines is 1. The lowest BCUT2D eigenvalue weighted by Gasteiger charge is -2.32. The summed E-state index contributed by atoms with van der Waals surface area (Å²) in [5.41, 5.74) is -2.05. The lowest BCUT2D eigenvalue weighted by atomic mass is 9.70. The van der Waals surface area contributed by atoms with Crippen molar-refractivity contribution in [2.45, 2.75) is 33.1 Å². The van der Waals surface area contributed by atoms with Gasteiger partial charge in [-0.05, 0) is 31.2 Å². The van der Waals surface area contributed by atoms with E-state index in [1.54, 1.807) is 0 Å². The third-order valence-corrected chi connectivity index (χ3v) is 6.20. The molecule has 1 amide bonds. The van der Waals surface area contributed by atoms with Crippen molar-refractivity contribution in [2.24, 2.45) is 16.7 Å². The summed E-state index contributed by atoms with van der Waals surface area (Å²) in [4.78, 5) is 36.1. The smallest absolute Gasteiger partial charge is 0.294 e. The number of nitrogens with zero attached hydrogens (tertiary/aromatic N) is 1. The van der Waals surface area contributed by atoms with Gasteiger partial charge in [-0.25, -0.2) is 0 Å². The Balaban J connectivity index is 1.96. The minimum atomic E-state index is -1.10. The van der Waals surface area contributed by atoms with Gasteiger partial charge in [-0.1, -0.05) is 37.0 Å². The molecular weight excluding hydrogens is 355 g/mol. The number of rotatable bonds is 3. The van der Waals surface area contributed by atoms with Gasteiger partial charge in [-0.3, -0.25) is 19.7 Å². The first-order chi connectivity index (χ1) is 11.1. The minimum absolute atomic E-state index is 0.0264. The summed E-state index contributed by atoms with van der Waals surface area (Å²) < 4.78 is 0. The number of carbonyl (C=O) groups is 2. The number of Topliss-reactive ketones (excluding diaryl/α,β-unsaturated/α-hetero) is 1. The first-order valence-corrected chi connectivity index (χ1v) is 8.35. The maximum Gasteiger partial charge on any atom is 0.294 e. The largest absolute Gasteiger partial charge is 0.319 e. The van der Waals surface area contributed by atoms with Crippen LogP contribution >= 0.6 is 23.2 Å². The van der Waals surface area contributed by atoms with E-state index >= 15 is 0 Å². The monoisotopic (exact) mass is 370 g/mol. The Hall–Kier alpha value is -1.66. The highest BCUT2D eigenvalue weighted by molar-refractivity contribution is 6.42. The molecule has 1 aromatic carbocycles. The number of hydrogen-bond donors (Lipinski definition) is 1. The molecule has 0 radical (unpaired) electrons. The Labute approximate surface area is 148 Å². The molecule has 0 heterocycles. The van der Waals surface area contributed by atoms with Crippen LogP contribution < -0.4 is 5.32 Å². The highest BCUT2D eigenvalue weighted by Crippen LogP contribution is 2.60. The predicted molar refractivity (Wildman–Crippen MR) is 90.3 cm³/mol. The first kappa shape index (κ1) is 17.2. The van der Waals surface area contributed by atoms with E-state index in [1.165, 1.54) is 6.07 Å². The number of nitro benzene ring substituents is 1. The van der Waals surface area contributed by atoms with Crippen LogP contribution in [0.15, 0.2) is 12.1 Å². The van der Waals surface area contributed by atoms with Gasteiger partial charge in [0, 0.05) is 11.5 Å². The first-order valence-electron chi connectivity index (χ1n) is 7.59. The molecule has 2 atom stereocenters. The second-order valence-electron chi connectivity index (χ2n) is 7.07. The van der Waals surface area contributed by atoms with Gasteiger partial charge in [-0.2, -0.15) is 0 Å². The van der Waals surface area contributed by atoms with Gasteiger partial charge in [0.25, 0.3) is 5.69 Å². The maximum absolute atomic E-state index is 12.8. The normalized spacial score (nSPS) is 27.3. The van der Waals surface area contributed by atoms with Crippen LogP contribution in [0.5, 0.6) is 0 Å². The standard InChI is InChI=1S/C16H16Cl2N2O4/c1-15(2)8-3-4-16(7-8,13(15)21)14(22)19-11-5-9(17)10(18)6-12(11)20(23)24/h5-6,8H,3-4,7H2,1-2H3,(H,19,22). The lowest BCUT2D eigenvalue weighted by molar-refractivity contribution is -0.383. The van der Waals surface area contributed by atoms with Crippen LogP contribution in [0.1, 0.15) is 33.1 Å². The van der Waals surface area contributed by atoms with Crippen LogP contribution in [0.3, 0.4) is 0 Å². The molecule has 3 rings (SSSR count). The molecule has 0 spiro atoms. The van der Waals surface area contributed by atoms with Crippen LogP contribution in [0.25, 0.3) is 0 Å². The molecule has 6 nitrogen and oxygen atoms in total. The Kier molecular flexibility index (Phi) is 3.88. The number of halogens is 2. The Morgan fingerprint density at radius 2 is 1.96 bits per heavy atom.